The molecular weight excluding hydrogens is 226 g/mol. The second-order valence-electron chi connectivity index (χ2n) is 4.40. The number of H-pyrrole nitrogens is 1. The molecule has 0 aliphatic carbocycles. The number of hydrogen-bond acceptors (Lipinski definition) is 3. The Bertz CT molecular complexity index is 654. The van der Waals surface area contributed by atoms with Gasteiger partial charge in [-0.2, -0.15) is 0 Å². The van der Waals surface area contributed by atoms with Crippen molar-refractivity contribution in [2.75, 3.05) is 0 Å². The zero-order valence-electron chi connectivity index (χ0n) is 10.2. The van der Waals surface area contributed by atoms with Gasteiger partial charge in [-0.15, -0.1) is 0 Å². The average molecular weight is 241 g/mol. The maximum Gasteiger partial charge on any atom is 0.150 e. The molecule has 18 heavy (non-hydrogen) atoms. The van der Waals surface area contributed by atoms with Gasteiger partial charge in [0, 0.05) is 29.7 Å². The molecule has 4 heteroatoms. The maximum absolute atomic E-state index is 5.15. The van der Waals surface area contributed by atoms with Crippen molar-refractivity contribution >= 4 is 10.9 Å². The van der Waals surface area contributed by atoms with Gasteiger partial charge in [-0.25, -0.2) is 0 Å². The zero-order chi connectivity index (χ0) is 12.4. The van der Waals surface area contributed by atoms with Crippen LogP contribution in [0.5, 0.6) is 0 Å². The molecule has 0 saturated heterocycles. The lowest BCUT2D eigenvalue weighted by atomic mass is 10.2. The van der Waals surface area contributed by atoms with Gasteiger partial charge in [0.25, 0.3) is 0 Å². The number of aryl methyl sites for hydroxylation is 1. The van der Waals surface area contributed by atoms with Crippen molar-refractivity contribution in [1.29, 1.82) is 0 Å². The molecule has 0 bridgehead atoms. The summed E-state index contributed by atoms with van der Waals surface area (Å²) in [6.45, 7) is 3.43. The van der Waals surface area contributed by atoms with Crippen LogP contribution >= 0.6 is 0 Å². The van der Waals surface area contributed by atoms with E-state index in [2.05, 4.69) is 33.7 Å². The van der Waals surface area contributed by atoms with Crippen LogP contribution in [-0.4, -0.2) is 10.1 Å². The summed E-state index contributed by atoms with van der Waals surface area (Å²) in [6, 6.07) is 10.2. The number of nitrogens with zero attached hydrogens (tertiary/aromatic N) is 1. The number of benzene rings is 1. The van der Waals surface area contributed by atoms with Crippen LogP contribution in [0.2, 0.25) is 0 Å². The molecular formula is C14H15N3O. The van der Waals surface area contributed by atoms with E-state index in [0.29, 0.717) is 6.54 Å². The first kappa shape index (κ1) is 11.0. The molecule has 0 aliphatic rings. The summed E-state index contributed by atoms with van der Waals surface area (Å²) in [4.78, 5) is 3.27. The summed E-state index contributed by atoms with van der Waals surface area (Å²) in [5.74, 6) is 0.868. The second kappa shape index (κ2) is 4.66. The van der Waals surface area contributed by atoms with Crippen molar-refractivity contribution in [3.05, 3.63) is 53.5 Å². The van der Waals surface area contributed by atoms with Gasteiger partial charge in [0.2, 0.25) is 0 Å². The monoisotopic (exact) mass is 241 g/mol. The van der Waals surface area contributed by atoms with Crippen LogP contribution in [0.1, 0.15) is 17.0 Å². The Balaban J connectivity index is 1.66. The highest BCUT2D eigenvalue weighted by Crippen LogP contribution is 2.17. The smallest absolute Gasteiger partial charge is 0.150 e. The second-order valence-corrected chi connectivity index (χ2v) is 4.40. The van der Waals surface area contributed by atoms with E-state index in [0.717, 1.165) is 18.0 Å². The van der Waals surface area contributed by atoms with Gasteiger partial charge in [-0.05, 0) is 18.6 Å². The SMILES string of the molecule is Cc1cc(CNCc2c[nH]c3ccccc23)on1. The van der Waals surface area contributed by atoms with Gasteiger partial charge in [-0.1, -0.05) is 23.4 Å². The standard InChI is InChI=1S/C14H15N3O/c1-10-6-12(18-17-10)9-15-7-11-8-16-14-5-3-2-4-13(11)14/h2-6,8,15-16H,7,9H2,1H3. The van der Waals surface area contributed by atoms with Gasteiger partial charge < -0.3 is 14.8 Å². The quantitative estimate of drug-likeness (QED) is 0.738. The Hall–Kier alpha value is -2.07. The van der Waals surface area contributed by atoms with E-state index in [-0.39, 0.29) is 0 Å². The lowest BCUT2D eigenvalue weighted by Gasteiger charge is -2.00. The normalized spacial score (nSPS) is 11.2. The predicted octanol–water partition coefficient (Wildman–Crippen LogP) is 2.75. The van der Waals surface area contributed by atoms with Crippen molar-refractivity contribution in [1.82, 2.24) is 15.5 Å². The van der Waals surface area contributed by atoms with Crippen molar-refractivity contribution < 1.29 is 4.52 Å². The first-order valence-electron chi connectivity index (χ1n) is 6.01. The highest BCUT2D eigenvalue weighted by atomic mass is 16.5. The van der Waals surface area contributed by atoms with Gasteiger partial charge in [-0.3, -0.25) is 0 Å². The van der Waals surface area contributed by atoms with Crippen LogP contribution in [0.4, 0.5) is 0 Å². The largest absolute Gasteiger partial charge is 0.361 e. The van der Waals surface area contributed by atoms with Gasteiger partial charge in [0.15, 0.2) is 5.76 Å². The molecule has 2 heterocycles. The van der Waals surface area contributed by atoms with Crippen LogP contribution in [0.15, 0.2) is 41.1 Å². The number of rotatable bonds is 4. The van der Waals surface area contributed by atoms with Gasteiger partial charge in [0.05, 0.1) is 12.2 Å². The topological polar surface area (TPSA) is 53.9 Å². The van der Waals surface area contributed by atoms with E-state index in [1.54, 1.807) is 0 Å². The molecule has 0 spiro atoms. The third-order valence-corrected chi connectivity index (χ3v) is 2.97. The first-order chi connectivity index (χ1) is 8.83. The lowest BCUT2D eigenvalue weighted by molar-refractivity contribution is 0.369. The number of aromatic nitrogens is 2. The molecule has 0 fully saturated rings. The minimum Gasteiger partial charge on any atom is -0.361 e. The molecule has 0 amide bonds. The number of hydrogen-bond donors (Lipinski definition) is 2. The van der Waals surface area contributed by atoms with Crippen LogP contribution < -0.4 is 5.32 Å². The van der Waals surface area contributed by atoms with Crippen molar-refractivity contribution in [2.24, 2.45) is 0 Å². The first-order valence-corrected chi connectivity index (χ1v) is 6.01. The zero-order valence-corrected chi connectivity index (χ0v) is 10.2. The van der Waals surface area contributed by atoms with E-state index < -0.39 is 0 Å². The highest BCUT2D eigenvalue weighted by Gasteiger charge is 2.03. The molecule has 0 unspecified atom stereocenters. The molecule has 2 N–H and O–H groups in total. The summed E-state index contributed by atoms with van der Waals surface area (Å²) in [5, 5.41) is 8.48. The molecule has 3 rings (SSSR count). The van der Waals surface area contributed by atoms with E-state index in [1.165, 1.54) is 16.5 Å². The van der Waals surface area contributed by atoms with Crippen molar-refractivity contribution in [2.45, 2.75) is 20.0 Å². The molecule has 1 aromatic carbocycles. The van der Waals surface area contributed by atoms with E-state index >= 15 is 0 Å². The summed E-state index contributed by atoms with van der Waals surface area (Å²) in [7, 11) is 0. The van der Waals surface area contributed by atoms with Gasteiger partial charge >= 0.3 is 0 Å². The number of nitrogens with one attached hydrogen (secondary N) is 2. The molecule has 0 radical (unpaired) electrons. The van der Waals surface area contributed by atoms with Crippen LogP contribution in [0, 0.1) is 6.92 Å². The fraction of sp³-hybridized carbons (Fsp3) is 0.214. The van der Waals surface area contributed by atoms with E-state index in [9.17, 15) is 0 Å². The number of para-hydroxylation sites is 1. The number of fused-ring (bicyclic) bond motifs is 1. The Kier molecular flexibility index (Phi) is 2.86. The van der Waals surface area contributed by atoms with E-state index in [4.69, 9.17) is 4.52 Å². The molecule has 2 aromatic heterocycles. The summed E-state index contributed by atoms with van der Waals surface area (Å²) >= 11 is 0. The average Bonchev–Trinajstić information content (AvgIpc) is 2.97. The molecule has 0 saturated carbocycles. The minimum absolute atomic E-state index is 0.695. The van der Waals surface area contributed by atoms with Gasteiger partial charge in [0.1, 0.15) is 0 Å². The summed E-state index contributed by atoms with van der Waals surface area (Å²) in [6.07, 6.45) is 2.04. The Labute approximate surface area is 105 Å². The van der Waals surface area contributed by atoms with Crippen LogP contribution in [0.25, 0.3) is 10.9 Å². The molecule has 4 nitrogen and oxygen atoms in total. The van der Waals surface area contributed by atoms with Crippen molar-refractivity contribution in [3.8, 4) is 0 Å². The van der Waals surface area contributed by atoms with E-state index in [1.807, 2.05) is 25.3 Å². The third kappa shape index (κ3) is 2.15. The predicted molar refractivity (Wildman–Crippen MR) is 70.1 cm³/mol. The molecule has 3 aromatic rings. The molecule has 92 valence electrons. The highest BCUT2D eigenvalue weighted by molar-refractivity contribution is 5.82. The third-order valence-electron chi connectivity index (χ3n) is 2.97. The Morgan fingerprint density at radius 1 is 1.28 bits per heavy atom. The fourth-order valence-corrected chi connectivity index (χ4v) is 2.10. The maximum atomic E-state index is 5.15. The Morgan fingerprint density at radius 3 is 3.00 bits per heavy atom. The lowest BCUT2D eigenvalue weighted by Crippen LogP contribution is -2.11. The minimum atomic E-state index is 0.695. The Morgan fingerprint density at radius 2 is 2.17 bits per heavy atom. The van der Waals surface area contributed by atoms with Crippen LogP contribution in [0.3, 0.4) is 0 Å². The molecule has 0 atom stereocenters. The summed E-state index contributed by atoms with van der Waals surface area (Å²) in [5.41, 5.74) is 3.35. The fourth-order valence-electron chi connectivity index (χ4n) is 2.10. The van der Waals surface area contributed by atoms with Crippen LogP contribution in [-0.2, 0) is 13.1 Å². The molecule has 0 aliphatic heterocycles. The van der Waals surface area contributed by atoms with Crippen molar-refractivity contribution in [3.63, 3.8) is 0 Å². The summed E-state index contributed by atoms with van der Waals surface area (Å²) < 4.78 is 5.15. The number of aromatic amines is 1.